The van der Waals surface area contributed by atoms with Crippen molar-refractivity contribution in [1.82, 2.24) is 9.61 Å². The van der Waals surface area contributed by atoms with E-state index in [9.17, 15) is 0 Å². The fourth-order valence-electron chi connectivity index (χ4n) is 1.85. The van der Waals surface area contributed by atoms with E-state index in [-0.39, 0.29) is 0 Å². The molecule has 2 nitrogen and oxygen atoms in total. The lowest BCUT2D eigenvalue weighted by Gasteiger charge is -1.95. The average Bonchev–Trinajstić information content (AvgIpc) is 2.67. The third-order valence-corrected chi connectivity index (χ3v) is 2.71. The number of aromatic nitrogens is 2. The van der Waals surface area contributed by atoms with Gasteiger partial charge in [0.15, 0.2) is 0 Å². The van der Waals surface area contributed by atoms with Crippen LogP contribution in [0.3, 0.4) is 0 Å². The van der Waals surface area contributed by atoms with Crippen molar-refractivity contribution < 1.29 is 0 Å². The molecule has 0 amide bonds. The van der Waals surface area contributed by atoms with Crippen molar-refractivity contribution in [2.45, 2.75) is 39.0 Å². The molecule has 0 spiro atoms. The Kier molecular flexibility index (Phi) is 3.38. The quantitative estimate of drug-likeness (QED) is 0.679. The molecule has 15 heavy (non-hydrogen) atoms. The number of unbranched alkanes of at least 4 members (excludes halogenated alkanes) is 3. The highest BCUT2D eigenvalue weighted by Crippen LogP contribution is 2.09. The van der Waals surface area contributed by atoms with Crippen molar-refractivity contribution in [2.24, 2.45) is 0 Å². The van der Waals surface area contributed by atoms with Crippen LogP contribution in [0.4, 0.5) is 0 Å². The van der Waals surface area contributed by atoms with Crippen LogP contribution in [-0.2, 0) is 6.42 Å². The average molecular weight is 202 g/mol. The third kappa shape index (κ3) is 2.58. The van der Waals surface area contributed by atoms with Crippen LogP contribution >= 0.6 is 0 Å². The zero-order valence-corrected chi connectivity index (χ0v) is 9.32. The molecule has 0 bridgehead atoms. The van der Waals surface area contributed by atoms with Gasteiger partial charge in [-0.1, -0.05) is 32.3 Å². The van der Waals surface area contributed by atoms with Gasteiger partial charge in [-0.3, -0.25) is 0 Å². The number of aryl methyl sites for hydroxylation is 1. The zero-order chi connectivity index (χ0) is 10.5. The van der Waals surface area contributed by atoms with E-state index in [1.54, 1.807) is 0 Å². The summed E-state index contributed by atoms with van der Waals surface area (Å²) in [5.74, 6) is 0. The molecule has 2 heteroatoms. The van der Waals surface area contributed by atoms with Gasteiger partial charge in [0, 0.05) is 6.20 Å². The number of hydrogen-bond acceptors (Lipinski definition) is 1. The normalized spacial score (nSPS) is 11.0. The summed E-state index contributed by atoms with van der Waals surface area (Å²) >= 11 is 0. The number of fused-ring (bicyclic) bond motifs is 1. The lowest BCUT2D eigenvalue weighted by Crippen LogP contribution is -1.89. The van der Waals surface area contributed by atoms with E-state index < -0.39 is 0 Å². The van der Waals surface area contributed by atoms with Gasteiger partial charge in [-0.05, 0) is 31.0 Å². The fourth-order valence-corrected chi connectivity index (χ4v) is 1.85. The Balaban J connectivity index is 1.97. The van der Waals surface area contributed by atoms with Gasteiger partial charge in [0.2, 0.25) is 0 Å². The molecule has 2 aromatic heterocycles. The van der Waals surface area contributed by atoms with Gasteiger partial charge in [0.1, 0.15) is 0 Å². The van der Waals surface area contributed by atoms with Gasteiger partial charge >= 0.3 is 0 Å². The second-order valence-corrected chi connectivity index (χ2v) is 4.02. The van der Waals surface area contributed by atoms with E-state index in [2.05, 4.69) is 30.2 Å². The summed E-state index contributed by atoms with van der Waals surface area (Å²) < 4.78 is 1.95. The van der Waals surface area contributed by atoms with Crippen LogP contribution in [0.25, 0.3) is 5.52 Å². The summed E-state index contributed by atoms with van der Waals surface area (Å²) in [6.07, 6.45) is 8.34. The Morgan fingerprint density at radius 3 is 2.93 bits per heavy atom. The maximum Gasteiger partial charge on any atom is 0.0664 e. The smallest absolute Gasteiger partial charge is 0.0664 e. The molecule has 2 rings (SSSR count). The van der Waals surface area contributed by atoms with Crippen LogP contribution in [0.2, 0.25) is 0 Å². The molecule has 0 unspecified atom stereocenters. The first kappa shape index (κ1) is 10.2. The van der Waals surface area contributed by atoms with Gasteiger partial charge in [0.25, 0.3) is 0 Å². The standard InChI is InChI=1S/C13H18N2/c1-2-3-4-5-8-12-11-13-9-6-7-10-15(13)14-12/h6-7,9-11H,2-5,8H2,1H3. The maximum atomic E-state index is 4.53. The summed E-state index contributed by atoms with van der Waals surface area (Å²) in [5.41, 5.74) is 2.42. The predicted molar refractivity (Wildman–Crippen MR) is 63.0 cm³/mol. The molecule has 0 saturated heterocycles. The molecule has 2 aromatic rings. The summed E-state index contributed by atoms with van der Waals surface area (Å²) in [4.78, 5) is 0. The number of nitrogens with zero attached hydrogens (tertiary/aromatic N) is 2. The van der Waals surface area contributed by atoms with Crippen LogP contribution in [-0.4, -0.2) is 9.61 Å². The molecule has 2 heterocycles. The molecular formula is C13H18N2. The van der Waals surface area contributed by atoms with Crippen molar-refractivity contribution >= 4 is 5.52 Å². The van der Waals surface area contributed by atoms with E-state index in [1.165, 1.54) is 36.9 Å². The van der Waals surface area contributed by atoms with Crippen LogP contribution in [0.1, 0.15) is 38.3 Å². The van der Waals surface area contributed by atoms with Crippen LogP contribution in [0.15, 0.2) is 30.5 Å². The van der Waals surface area contributed by atoms with Gasteiger partial charge in [-0.2, -0.15) is 5.10 Å². The Morgan fingerprint density at radius 1 is 1.20 bits per heavy atom. The summed E-state index contributed by atoms with van der Waals surface area (Å²) in [7, 11) is 0. The van der Waals surface area contributed by atoms with Gasteiger partial charge < -0.3 is 0 Å². The van der Waals surface area contributed by atoms with Crippen molar-refractivity contribution in [3.05, 3.63) is 36.2 Å². The molecule has 80 valence electrons. The van der Waals surface area contributed by atoms with E-state index in [0.717, 1.165) is 6.42 Å². The number of hydrogen-bond donors (Lipinski definition) is 0. The van der Waals surface area contributed by atoms with Gasteiger partial charge in [-0.15, -0.1) is 0 Å². The molecule has 0 aliphatic carbocycles. The first-order valence-electron chi connectivity index (χ1n) is 5.83. The Labute approximate surface area is 90.9 Å². The molecule has 0 atom stereocenters. The molecule has 0 aromatic carbocycles. The third-order valence-electron chi connectivity index (χ3n) is 2.71. The first-order chi connectivity index (χ1) is 7.40. The van der Waals surface area contributed by atoms with Crippen LogP contribution in [0.5, 0.6) is 0 Å². The van der Waals surface area contributed by atoms with Crippen molar-refractivity contribution in [3.63, 3.8) is 0 Å². The number of rotatable bonds is 5. The molecule has 0 N–H and O–H groups in total. The molecule has 0 fully saturated rings. The Morgan fingerprint density at radius 2 is 2.13 bits per heavy atom. The number of pyridine rings is 1. The lowest BCUT2D eigenvalue weighted by atomic mass is 10.1. The summed E-state index contributed by atoms with van der Waals surface area (Å²) in [6, 6.07) is 8.35. The lowest BCUT2D eigenvalue weighted by molar-refractivity contribution is 0.657. The highest BCUT2D eigenvalue weighted by molar-refractivity contribution is 5.46. The molecule has 0 saturated carbocycles. The van der Waals surface area contributed by atoms with Gasteiger partial charge in [-0.25, -0.2) is 4.52 Å². The van der Waals surface area contributed by atoms with E-state index in [0.29, 0.717) is 0 Å². The van der Waals surface area contributed by atoms with Crippen LogP contribution in [0, 0.1) is 0 Å². The van der Waals surface area contributed by atoms with Crippen molar-refractivity contribution in [3.8, 4) is 0 Å². The van der Waals surface area contributed by atoms with E-state index in [1.807, 2.05) is 16.8 Å². The SMILES string of the molecule is CCCCCCc1cc2ccccn2n1. The fraction of sp³-hybridized carbons (Fsp3) is 0.462. The molecular weight excluding hydrogens is 184 g/mol. The highest BCUT2D eigenvalue weighted by atomic mass is 15.2. The molecule has 0 aliphatic heterocycles. The second kappa shape index (κ2) is 4.96. The van der Waals surface area contributed by atoms with E-state index >= 15 is 0 Å². The monoisotopic (exact) mass is 202 g/mol. The predicted octanol–water partition coefficient (Wildman–Crippen LogP) is 3.46. The summed E-state index contributed by atoms with van der Waals surface area (Å²) in [6.45, 7) is 2.24. The van der Waals surface area contributed by atoms with E-state index in [4.69, 9.17) is 0 Å². The zero-order valence-electron chi connectivity index (χ0n) is 9.32. The van der Waals surface area contributed by atoms with Crippen molar-refractivity contribution in [2.75, 3.05) is 0 Å². The Hall–Kier alpha value is -1.31. The minimum atomic E-state index is 1.11. The maximum absolute atomic E-state index is 4.53. The molecule has 0 aliphatic rings. The van der Waals surface area contributed by atoms with Gasteiger partial charge in [0.05, 0.1) is 11.2 Å². The molecule has 0 radical (unpaired) electrons. The second-order valence-electron chi connectivity index (χ2n) is 4.02. The largest absolute Gasteiger partial charge is 0.241 e. The first-order valence-corrected chi connectivity index (χ1v) is 5.83. The Bertz CT molecular complexity index is 384. The topological polar surface area (TPSA) is 17.3 Å². The minimum absolute atomic E-state index is 1.11. The van der Waals surface area contributed by atoms with Crippen LogP contribution < -0.4 is 0 Å². The minimum Gasteiger partial charge on any atom is -0.241 e. The highest BCUT2D eigenvalue weighted by Gasteiger charge is 1.99. The van der Waals surface area contributed by atoms with Crippen molar-refractivity contribution in [1.29, 1.82) is 0 Å². The summed E-state index contributed by atoms with van der Waals surface area (Å²) in [5, 5.41) is 4.53.